The quantitative estimate of drug-likeness (QED) is 0.157. The molecule has 206 valence electrons. The maximum atomic E-state index is 14.0. The molecule has 0 aliphatic heterocycles. The summed E-state index contributed by atoms with van der Waals surface area (Å²) in [6.07, 6.45) is 18.4. The predicted octanol–water partition coefficient (Wildman–Crippen LogP) is 10.0. The number of rotatable bonds is 18. The molecule has 0 fully saturated rings. The minimum absolute atomic E-state index is 0.00526. The highest BCUT2D eigenvalue weighted by Gasteiger charge is 2.15. The summed E-state index contributed by atoms with van der Waals surface area (Å²) in [6, 6.07) is 16.4. The van der Waals surface area contributed by atoms with Crippen molar-refractivity contribution in [3.63, 3.8) is 0 Å². The second-order valence-corrected chi connectivity index (χ2v) is 10.7. The van der Waals surface area contributed by atoms with Gasteiger partial charge in [0.25, 0.3) is 0 Å². The van der Waals surface area contributed by atoms with Crippen LogP contribution in [0.1, 0.15) is 97.0 Å². The molecule has 0 aliphatic rings. The van der Waals surface area contributed by atoms with E-state index in [0.717, 1.165) is 35.4 Å². The standard InChI is InChI=1S/C34H47FN2O/c1-4-6-7-8-9-10-11-12-13-14-15-28-16-18-30(19-17-28)34-36-24-31(25-37-34)29-20-22-32(23-21-29)38-26-33(35)27(3)5-2/h16-25,27,33H,4-15,26H2,1-3H3. The topological polar surface area (TPSA) is 35.0 Å². The summed E-state index contributed by atoms with van der Waals surface area (Å²) >= 11 is 0. The Hall–Kier alpha value is -2.75. The molecule has 0 spiro atoms. The molecular formula is C34H47FN2O. The third-order valence-corrected chi connectivity index (χ3v) is 7.54. The van der Waals surface area contributed by atoms with Gasteiger partial charge < -0.3 is 4.74 Å². The molecule has 3 nitrogen and oxygen atoms in total. The smallest absolute Gasteiger partial charge is 0.159 e. The third kappa shape index (κ3) is 10.2. The molecular weight excluding hydrogens is 471 g/mol. The fraction of sp³-hybridized carbons (Fsp3) is 0.529. The Morgan fingerprint density at radius 3 is 1.82 bits per heavy atom. The molecule has 0 amide bonds. The van der Waals surface area contributed by atoms with E-state index >= 15 is 0 Å². The number of hydrogen-bond donors (Lipinski definition) is 0. The van der Waals surface area contributed by atoms with Gasteiger partial charge in [-0.05, 0) is 42.0 Å². The number of unbranched alkanes of at least 4 members (excludes halogenated alkanes) is 9. The average molecular weight is 519 g/mol. The highest BCUT2D eigenvalue weighted by atomic mass is 19.1. The molecule has 1 aromatic heterocycles. The van der Waals surface area contributed by atoms with Crippen molar-refractivity contribution in [3.8, 4) is 28.3 Å². The minimum Gasteiger partial charge on any atom is -0.491 e. The van der Waals surface area contributed by atoms with Gasteiger partial charge in [-0.1, -0.05) is 121 Å². The highest BCUT2D eigenvalue weighted by molar-refractivity contribution is 5.64. The molecule has 2 unspecified atom stereocenters. The third-order valence-electron chi connectivity index (χ3n) is 7.54. The molecule has 4 heteroatoms. The van der Waals surface area contributed by atoms with Crippen LogP contribution >= 0.6 is 0 Å². The number of hydrogen-bond acceptors (Lipinski definition) is 3. The summed E-state index contributed by atoms with van der Waals surface area (Å²) in [4.78, 5) is 9.20. The van der Waals surface area contributed by atoms with Crippen LogP contribution in [0.3, 0.4) is 0 Å². The van der Waals surface area contributed by atoms with E-state index in [1.807, 2.05) is 50.5 Å². The van der Waals surface area contributed by atoms with Crippen LogP contribution in [0.5, 0.6) is 5.75 Å². The van der Waals surface area contributed by atoms with Gasteiger partial charge in [0.2, 0.25) is 0 Å². The molecule has 0 aliphatic carbocycles. The normalized spacial score (nSPS) is 12.8. The van der Waals surface area contributed by atoms with Crippen molar-refractivity contribution in [2.75, 3.05) is 6.61 Å². The molecule has 38 heavy (non-hydrogen) atoms. The van der Waals surface area contributed by atoms with Gasteiger partial charge in [-0.2, -0.15) is 0 Å². The Kier molecular flexibility index (Phi) is 13.3. The van der Waals surface area contributed by atoms with Gasteiger partial charge in [0.1, 0.15) is 18.5 Å². The zero-order chi connectivity index (χ0) is 27.0. The molecule has 3 rings (SSSR count). The van der Waals surface area contributed by atoms with Crippen molar-refractivity contribution >= 4 is 0 Å². The first-order chi connectivity index (χ1) is 18.6. The Bertz CT molecular complexity index is 1020. The van der Waals surface area contributed by atoms with Gasteiger partial charge in [-0.3, -0.25) is 0 Å². The van der Waals surface area contributed by atoms with E-state index in [4.69, 9.17) is 4.74 Å². The zero-order valence-electron chi connectivity index (χ0n) is 23.8. The SMILES string of the molecule is CCCCCCCCCCCCc1ccc(-c2ncc(-c3ccc(OCC(F)C(C)CC)cc3)cn2)cc1. The molecule has 0 saturated carbocycles. The van der Waals surface area contributed by atoms with Crippen molar-refractivity contribution in [2.45, 2.75) is 104 Å². The summed E-state index contributed by atoms with van der Waals surface area (Å²) < 4.78 is 19.7. The van der Waals surface area contributed by atoms with Crippen molar-refractivity contribution in [3.05, 3.63) is 66.5 Å². The number of aryl methyl sites for hydroxylation is 1. The summed E-state index contributed by atoms with van der Waals surface area (Å²) in [5.41, 5.74) is 4.38. The largest absolute Gasteiger partial charge is 0.491 e. The highest BCUT2D eigenvalue weighted by Crippen LogP contribution is 2.24. The second-order valence-electron chi connectivity index (χ2n) is 10.7. The van der Waals surface area contributed by atoms with Crippen LogP contribution in [0.25, 0.3) is 22.5 Å². The van der Waals surface area contributed by atoms with E-state index in [0.29, 0.717) is 5.75 Å². The van der Waals surface area contributed by atoms with E-state index in [1.54, 1.807) is 0 Å². The lowest BCUT2D eigenvalue weighted by Gasteiger charge is -2.15. The fourth-order valence-electron chi connectivity index (χ4n) is 4.60. The number of nitrogens with zero attached hydrogens (tertiary/aromatic N) is 2. The number of ether oxygens (including phenoxy) is 1. The van der Waals surface area contributed by atoms with E-state index in [9.17, 15) is 4.39 Å². The van der Waals surface area contributed by atoms with Crippen LogP contribution in [0.4, 0.5) is 4.39 Å². The second kappa shape index (κ2) is 17.0. The molecule has 0 N–H and O–H groups in total. The maximum absolute atomic E-state index is 14.0. The van der Waals surface area contributed by atoms with Crippen molar-refractivity contribution in [2.24, 2.45) is 5.92 Å². The number of benzene rings is 2. The van der Waals surface area contributed by atoms with Crippen LogP contribution in [-0.2, 0) is 6.42 Å². The first kappa shape index (κ1) is 29.8. The lowest BCUT2D eigenvalue weighted by molar-refractivity contribution is 0.145. The van der Waals surface area contributed by atoms with Gasteiger partial charge in [-0.25, -0.2) is 14.4 Å². The summed E-state index contributed by atoms with van der Waals surface area (Å²) in [6.45, 7) is 6.27. The summed E-state index contributed by atoms with van der Waals surface area (Å²) in [7, 11) is 0. The molecule has 0 bridgehead atoms. The van der Waals surface area contributed by atoms with Crippen molar-refractivity contribution < 1.29 is 9.13 Å². The van der Waals surface area contributed by atoms with Crippen LogP contribution < -0.4 is 4.74 Å². The Morgan fingerprint density at radius 2 is 1.24 bits per heavy atom. The van der Waals surface area contributed by atoms with Crippen LogP contribution in [0, 0.1) is 5.92 Å². The molecule has 1 heterocycles. The van der Waals surface area contributed by atoms with Crippen LogP contribution in [-0.4, -0.2) is 22.7 Å². The van der Waals surface area contributed by atoms with Crippen LogP contribution in [0.2, 0.25) is 0 Å². The van der Waals surface area contributed by atoms with Crippen LogP contribution in [0.15, 0.2) is 60.9 Å². The van der Waals surface area contributed by atoms with Crippen molar-refractivity contribution in [1.29, 1.82) is 0 Å². The maximum Gasteiger partial charge on any atom is 0.159 e. The van der Waals surface area contributed by atoms with Gasteiger partial charge in [-0.15, -0.1) is 0 Å². The Labute approximate surface area is 230 Å². The lowest BCUT2D eigenvalue weighted by atomic mass is 10.0. The van der Waals surface area contributed by atoms with E-state index < -0.39 is 6.17 Å². The molecule has 2 atom stereocenters. The molecule has 0 radical (unpaired) electrons. The molecule has 0 saturated heterocycles. The molecule has 2 aromatic carbocycles. The predicted molar refractivity (Wildman–Crippen MR) is 158 cm³/mol. The average Bonchev–Trinajstić information content (AvgIpc) is 2.97. The van der Waals surface area contributed by atoms with Gasteiger partial charge >= 0.3 is 0 Å². The van der Waals surface area contributed by atoms with Gasteiger partial charge in [0.05, 0.1) is 0 Å². The monoisotopic (exact) mass is 518 g/mol. The summed E-state index contributed by atoms with van der Waals surface area (Å²) in [5, 5.41) is 0. The lowest BCUT2D eigenvalue weighted by Crippen LogP contribution is -2.20. The first-order valence-electron chi connectivity index (χ1n) is 14.9. The number of halogens is 1. The minimum atomic E-state index is -0.950. The first-order valence-corrected chi connectivity index (χ1v) is 14.9. The zero-order valence-corrected chi connectivity index (χ0v) is 23.8. The molecule has 3 aromatic rings. The van der Waals surface area contributed by atoms with E-state index in [2.05, 4.69) is 41.2 Å². The fourth-order valence-corrected chi connectivity index (χ4v) is 4.60. The van der Waals surface area contributed by atoms with E-state index in [-0.39, 0.29) is 12.5 Å². The van der Waals surface area contributed by atoms with E-state index in [1.165, 1.54) is 69.8 Å². The van der Waals surface area contributed by atoms with Gasteiger partial charge in [0.15, 0.2) is 5.82 Å². The van der Waals surface area contributed by atoms with Crippen molar-refractivity contribution in [1.82, 2.24) is 9.97 Å². The number of aromatic nitrogens is 2. The Balaban J connectivity index is 1.40. The number of alkyl halides is 1. The Morgan fingerprint density at radius 1 is 0.684 bits per heavy atom. The summed E-state index contributed by atoms with van der Waals surface area (Å²) in [5.74, 6) is 1.42. The van der Waals surface area contributed by atoms with Gasteiger partial charge in [0, 0.05) is 23.5 Å².